The molecular formula is C27H45N3O4. The van der Waals surface area contributed by atoms with Gasteiger partial charge in [0.15, 0.2) is 0 Å². The third kappa shape index (κ3) is 8.99. The molecule has 1 unspecified atom stereocenters. The average molecular weight is 476 g/mol. The standard InChI is InChI=1S/C27H45N3O4/c1-10-12-13-16-28-24(32)23(21-17-19(3)14-15-20(21)4)30(27(8,9)11-2)22(31)18-29-25(33)34-26(5,6)7/h14-15,17,23H,10-13,16,18H2,1-9H3,(H,28,32)(H,29,33). The van der Waals surface area contributed by atoms with Crippen molar-refractivity contribution in [1.82, 2.24) is 15.5 Å². The van der Waals surface area contributed by atoms with Gasteiger partial charge in [0.1, 0.15) is 18.2 Å². The molecule has 0 radical (unpaired) electrons. The molecule has 0 spiro atoms. The summed E-state index contributed by atoms with van der Waals surface area (Å²) in [5.41, 5.74) is 1.44. The van der Waals surface area contributed by atoms with Gasteiger partial charge < -0.3 is 20.3 Å². The van der Waals surface area contributed by atoms with Crippen LogP contribution < -0.4 is 10.6 Å². The number of nitrogens with zero attached hydrogens (tertiary/aromatic N) is 1. The second kappa shape index (κ2) is 12.8. The van der Waals surface area contributed by atoms with Crippen LogP contribution >= 0.6 is 0 Å². The number of carbonyl (C=O) groups is 3. The summed E-state index contributed by atoms with van der Waals surface area (Å²) in [4.78, 5) is 41.0. The van der Waals surface area contributed by atoms with E-state index in [1.165, 1.54) is 0 Å². The Morgan fingerprint density at radius 1 is 1.00 bits per heavy atom. The fourth-order valence-electron chi connectivity index (χ4n) is 3.68. The number of aryl methyl sites for hydroxylation is 2. The lowest BCUT2D eigenvalue weighted by atomic mass is 9.90. The first-order valence-electron chi connectivity index (χ1n) is 12.4. The molecule has 1 aromatic carbocycles. The number of amides is 3. The Kier molecular flexibility index (Phi) is 11.1. The highest BCUT2D eigenvalue weighted by molar-refractivity contribution is 5.91. The first kappa shape index (κ1) is 29.5. The number of benzene rings is 1. The van der Waals surface area contributed by atoms with Crippen molar-refractivity contribution in [3.8, 4) is 0 Å². The highest BCUT2D eigenvalue weighted by Crippen LogP contribution is 2.33. The van der Waals surface area contributed by atoms with Crippen molar-refractivity contribution in [2.24, 2.45) is 0 Å². The molecule has 0 heterocycles. The molecule has 3 amide bonds. The number of unbranched alkanes of at least 4 members (excludes halogenated alkanes) is 2. The van der Waals surface area contributed by atoms with Gasteiger partial charge in [-0.25, -0.2) is 4.79 Å². The van der Waals surface area contributed by atoms with Gasteiger partial charge in [0.25, 0.3) is 0 Å². The van der Waals surface area contributed by atoms with Crippen molar-refractivity contribution in [2.75, 3.05) is 13.1 Å². The van der Waals surface area contributed by atoms with Crippen molar-refractivity contribution in [3.63, 3.8) is 0 Å². The van der Waals surface area contributed by atoms with Gasteiger partial charge in [0, 0.05) is 12.1 Å². The van der Waals surface area contributed by atoms with Gasteiger partial charge in [0.2, 0.25) is 11.8 Å². The molecule has 34 heavy (non-hydrogen) atoms. The highest BCUT2D eigenvalue weighted by Gasteiger charge is 2.40. The molecule has 7 nitrogen and oxygen atoms in total. The summed E-state index contributed by atoms with van der Waals surface area (Å²) in [6.45, 7) is 17.5. The molecular weight excluding hydrogens is 430 g/mol. The van der Waals surface area contributed by atoms with Crippen molar-refractivity contribution in [1.29, 1.82) is 0 Å². The molecule has 2 N–H and O–H groups in total. The minimum Gasteiger partial charge on any atom is -0.444 e. The third-order valence-corrected chi connectivity index (χ3v) is 5.88. The first-order valence-corrected chi connectivity index (χ1v) is 12.4. The van der Waals surface area contributed by atoms with Gasteiger partial charge in [-0.1, -0.05) is 50.5 Å². The van der Waals surface area contributed by atoms with Crippen LogP contribution in [0.15, 0.2) is 18.2 Å². The number of nitrogens with one attached hydrogen (secondary N) is 2. The largest absolute Gasteiger partial charge is 0.444 e. The van der Waals surface area contributed by atoms with Crippen molar-refractivity contribution >= 4 is 17.9 Å². The van der Waals surface area contributed by atoms with E-state index in [-0.39, 0.29) is 18.4 Å². The normalized spacial score (nSPS) is 12.6. The topological polar surface area (TPSA) is 87.7 Å². The summed E-state index contributed by atoms with van der Waals surface area (Å²) >= 11 is 0. The predicted molar refractivity (Wildman–Crippen MR) is 137 cm³/mol. The van der Waals surface area contributed by atoms with E-state index >= 15 is 0 Å². The van der Waals surface area contributed by atoms with E-state index in [1.807, 2.05) is 52.8 Å². The third-order valence-electron chi connectivity index (χ3n) is 5.88. The zero-order chi connectivity index (χ0) is 26.1. The van der Waals surface area contributed by atoms with Gasteiger partial charge in [-0.05, 0) is 72.4 Å². The van der Waals surface area contributed by atoms with Crippen LogP contribution in [0.4, 0.5) is 4.79 Å². The Morgan fingerprint density at radius 3 is 2.21 bits per heavy atom. The molecule has 1 aromatic rings. The molecule has 1 rings (SSSR count). The average Bonchev–Trinajstić information content (AvgIpc) is 2.73. The zero-order valence-corrected chi connectivity index (χ0v) is 22.6. The molecule has 0 saturated carbocycles. The summed E-state index contributed by atoms with van der Waals surface area (Å²) < 4.78 is 5.28. The number of ether oxygens (including phenoxy) is 1. The van der Waals surface area contributed by atoms with Gasteiger partial charge in [-0.15, -0.1) is 0 Å². The highest BCUT2D eigenvalue weighted by atomic mass is 16.6. The molecule has 0 saturated heterocycles. The Balaban J connectivity index is 3.37. The molecule has 7 heteroatoms. The van der Waals surface area contributed by atoms with E-state index in [2.05, 4.69) is 17.6 Å². The Morgan fingerprint density at radius 2 is 1.65 bits per heavy atom. The maximum absolute atomic E-state index is 13.6. The molecule has 0 fully saturated rings. The lowest BCUT2D eigenvalue weighted by Crippen LogP contribution is -2.56. The van der Waals surface area contributed by atoms with E-state index in [1.54, 1.807) is 25.7 Å². The number of rotatable bonds is 11. The van der Waals surface area contributed by atoms with Crippen molar-refractivity contribution in [3.05, 3.63) is 34.9 Å². The van der Waals surface area contributed by atoms with Crippen LogP contribution in [0.3, 0.4) is 0 Å². The predicted octanol–water partition coefficient (Wildman–Crippen LogP) is 5.19. The number of hydrogen-bond acceptors (Lipinski definition) is 4. The fourth-order valence-corrected chi connectivity index (χ4v) is 3.68. The number of hydrogen-bond donors (Lipinski definition) is 2. The van der Waals surface area contributed by atoms with Crippen LogP contribution in [0.1, 0.15) is 96.9 Å². The Bertz CT molecular complexity index is 843. The monoisotopic (exact) mass is 475 g/mol. The molecule has 0 aliphatic rings. The van der Waals surface area contributed by atoms with Gasteiger partial charge in [0.05, 0.1) is 0 Å². The van der Waals surface area contributed by atoms with Crippen LogP contribution in [0, 0.1) is 13.8 Å². The van der Waals surface area contributed by atoms with Crippen LogP contribution in [0.5, 0.6) is 0 Å². The zero-order valence-electron chi connectivity index (χ0n) is 22.6. The number of carbonyl (C=O) groups excluding carboxylic acids is 3. The van der Waals surface area contributed by atoms with Gasteiger partial charge in [-0.3, -0.25) is 9.59 Å². The second-order valence-electron chi connectivity index (χ2n) is 10.5. The molecule has 0 aromatic heterocycles. The summed E-state index contributed by atoms with van der Waals surface area (Å²) in [5, 5.41) is 5.61. The summed E-state index contributed by atoms with van der Waals surface area (Å²) in [6, 6.07) is 5.13. The lowest BCUT2D eigenvalue weighted by molar-refractivity contribution is -0.146. The molecule has 0 aliphatic heterocycles. The maximum atomic E-state index is 13.6. The summed E-state index contributed by atoms with van der Waals surface area (Å²) in [7, 11) is 0. The minimum atomic E-state index is -0.815. The van der Waals surface area contributed by atoms with Crippen LogP contribution in [0.2, 0.25) is 0 Å². The quantitative estimate of drug-likeness (QED) is 0.431. The summed E-state index contributed by atoms with van der Waals surface area (Å²) in [5.74, 6) is -0.552. The van der Waals surface area contributed by atoms with E-state index in [4.69, 9.17) is 4.74 Å². The SMILES string of the molecule is CCCCCNC(=O)C(c1cc(C)ccc1C)N(C(=O)CNC(=O)OC(C)(C)C)C(C)(C)CC. The van der Waals surface area contributed by atoms with Crippen molar-refractivity contribution in [2.45, 2.75) is 105 Å². The van der Waals surface area contributed by atoms with Gasteiger partial charge >= 0.3 is 6.09 Å². The van der Waals surface area contributed by atoms with E-state index in [0.717, 1.165) is 36.0 Å². The van der Waals surface area contributed by atoms with Gasteiger partial charge in [-0.2, -0.15) is 0 Å². The summed E-state index contributed by atoms with van der Waals surface area (Å²) in [6.07, 6.45) is 2.93. The molecule has 1 atom stereocenters. The smallest absolute Gasteiger partial charge is 0.408 e. The molecule has 0 aliphatic carbocycles. The molecule has 0 bridgehead atoms. The fraction of sp³-hybridized carbons (Fsp3) is 0.667. The van der Waals surface area contributed by atoms with Crippen molar-refractivity contribution < 1.29 is 19.1 Å². The lowest BCUT2D eigenvalue weighted by Gasteiger charge is -2.43. The van der Waals surface area contributed by atoms with Crippen LogP contribution in [-0.2, 0) is 14.3 Å². The maximum Gasteiger partial charge on any atom is 0.408 e. The van der Waals surface area contributed by atoms with Crippen LogP contribution in [-0.4, -0.2) is 47.0 Å². The first-order chi connectivity index (χ1) is 15.7. The van der Waals surface area contributed by atoms with E-state index in [9.17, 15) is 14.4 Å². The minimum absolute atomic E-state index is 0.211. The van der Waals surface area contributed by atoms with Crippen LogP contribution in [0.25, 0.3) is 0 Å². The van der Waals surface area contributed by atoms with E-state index in [0.29, 0.717) is 13.0 Å². The molecule has 192 valence electrons. The Hall–Kier alpha value is -2.57. The second-order valence-corrected chi connectivity index (χ2v) is 10.5. The number of alkyl carbamates (subject to hydrolysis) is 1. The van der Waals surface area contributed by atoms with E-state index < -0.39 is 23.3 Å². The Labute approximate surface area is 206 Å².